The summed E-state index contributed by atoms with van der Waals surface area (Å²) < 4.78 is 11.4. The lowest BCUT2D eigenvalue weighted by Crippen LogP contribution is -2.43. The number of ether oxygens (including phenoxy) is 1. The number of hydrogen-bond acceptors (Lipinski definition) is 5. The Morgan fingerprint density at radius 1 is 1.10 bits per heavy atom. The van der Waals surface area contributed by atoms with E-state index in [9.17, 15) is 0 Å². The number of methoxy groups -OCH3 is 1. The molecule has 0 spiro atoms. The van der Waals surface area contributed by atoms with Crippen molar-refractivity contribution in [1.82, 2.24) is 15.5 Å². The molecule has 0 amide bonds. The lowest BCUT2D eigenvalue weighted by atomic mass is 9.84. The van der Waals surface area contributed by atoms with E-state index in [0.717, 1.165) is 31.6 Å². The molecule has 1 atom stereocenters. The molecule has 5 nitrogen and oxygen atoms in total. The Hall–Kier alpha value is -0.940. The summed E-state index contributed by atoms with van der Waals surface area (Å²) in [5, 5.41) is 7.77. The molecule has 1 aliphatic carbocycles. The highest BCUT2D eigenvalue weighted by Crippen LogP contribution is 2.39. The highest BCUT2D eigenvalue weighted by molar-refractivity contribution is 5.08. The normalized spacial score (nSPS) is 30.3. The molecule has 2 aliphatic rings. The summed E-state index contributed by atoms with van der Waals surface area (Å²) in [5.41, 5.74) is -0.502. The van der Waals surface area contributed by atoms with Crippen LogP contribution in [0.5, 0.6) is 0 Å². The number of rotatable bonds is 3. The van der Waals surface area contributed by atoms with Crippen molar-refractivity contribution in [3.63, 3.8) is 0 Å². The van der Waals surface area contributed by atoms with Crippen molar-refractivity contribution in [2.75, 3.05) is 13.7 Å². The highest BCUT2D eigenvalue weighted by Gasteiger charge is 2.41. The van der Waals surface area contributed by atoms with Gasteiger partial charge in [-0.1, -0.05) is 24.4 Å². The van der Waals surface area contributed by atoms with Crippen LogP contribution >= 0.6 is 0 Å². The highest BCUT2D eigenvalue weighted by atomic mass is 16.5. The Morgan fingerprint density at radius 3 is 2.50 bits per heavy atom. The van der Waals surface area contributed by atoms with Crippen LogP contribution < -0.4 is 5.32 Å². The minimum absolute atomic E-state index is 0.174. The van der Waals surface area contributed by atoms with Crippen LogP contribution in [-0.4, -0.2) is 23.8 Å². The van der Waals surface area contributed by atoms with Crippen molar-refractivity contribution in [1.29, 1.82) is 0 Å². The van der Waals surface area contributed by atoms with Crippen molar-refractivity contribution in [3.05, 3.63) is 11.7 Å². The second-order valence-electron chi connectivity index (χ2n) is 6.40. The average molecular weight is 279 g/mol. The largest absolute Gasteiger partial charge is 0.370 e. The van der Waals surface area contributed by atoms with Gasteiger partial charge in [0.2, 0.25) is 11.7 Å². The molecule has 1 aliphatic heterocycles. The van der Waals surface area contributed by atoms with Crippen molar-refractivity contribution >= 4 is 0 Å². The summed E-state index contributed by atoms with van der Waals surface area (Å²) >= 11 is 0. The molecular formula is C15H25N3O2. The predicted molar refractivity (Wildman–Crippen MR) is 75.3 cm³/mol. The van der Waals surface area contributed by atoms with Crippen LogP contribution in [0.1, 0.15) is 70.0 Å². The molecule has 112 valence electrons. The third-order valence-electron chi connectivity index (χ3n) is 4.98. The van der Waals surface area contributed by atoms with E-state index in [1.807, 2.05) is 0 Å². The van der Waals surface area contributed by atoms with E-state index in [-0.39, 0.29) is 11.1 Å². The first-order chi connectivity index (χ1) is 9.69. The van der Waals surface area contributed by atoms with Gasteiger partial charge in [-0.05, 0) is 45.6 Å². The first kappa shape index (κ1) is 14.0. The minimum Gasteiger partial charge on any atom is -0.370 e. The predicted octanol–water partition coefficient (Wildman–Crippen LogP) is 2.86. The lowest BCUT2D eigenvalue weighted by Gasteiger charge is -2.33. The van der Waals surface area contributed by atoms with Crippen molar-refractivity contribution in [3.8, 4) is 0 Å². The number of aromatic nitrogens is 2. The maximum absolute atomic E-state index is 5.79. The van der Waals surface area contributed by atoms with Crippen molar-refractivity contribution < 1.29 is 9.26 Å². The van der Waals surface area contributed by atoms with Gasteiger partial charge in [0.15, 0.2) is 0 Å². The Balaban J connectivity index is 1.85. The molecule has 2 fully saturated rings. The third kappa shape index (κ3) is 2.37. The Morgan fingerprint density at radius 2 is 1.85 bits per heavy atom. The second-order valence-corrected chi connectivity index (χ2v) is 6.40. The van der Waals surface area contributed by atoms with E-state index < -0.39 is 0 Å². The quantitative estimate of drug-likeness (QED) is 0.922. The first-order valence-corrected chi connectivity index (χ1v) is 7.83. The van der Waals surface area contributed by atoms with Gasteiger partial charge in [0.25, 0.3) is 0 Å². The zero-order chi connectivity index (χ0) is 14.1. The topological polar surface area (TPSA) is 60.2 Å². The van der Waals surface area contributed by atoms with Gasteiger partial charge in [-0.2, -0.15) is 4.98 Å². The lowest BCUT2D eigenvalue weighted by molar-refractivity contribution is -0.0527. The van der Waals surface area contributed by atoms with E-state index in [0.29, 0.717) is 5.89 Å². The van der Waals surface area contributed by atoms with Crippen LogP contribution in [0.25, 0.3) is 0 Å². The van der Waals surface area contributed by atoms with E-state index in [1.165, 1.54) is 32.1 Å². The molecule has 1 unspecified atom stereocenters. The standard InChI is InChI=1S/C15H25N3O2/c1-14(8-6-7-11-16-14)13-17-12(18-20-13)15(19-2)9-4-3-5-10-15/h16H,3-11H2,1-2H3. The van der Waals surface area contributed by atoms with Gasteiger partial charge in [-0.25, -0.2) is 0 Å². The van der Waals surface area contributed by atoms with Gasteiger partial charge < -0.3 is 14.6 Å². The SMILES string of the molecule is COC1(c2noc(C3(C)CCCCN3)n2)CCCCC1. The van der Waals surface area contributed by atoms with Gasteiger partial charge in [0, 0.05) is 7.11 Å². The van der Waals surface area contributed by atoms with Gasteiger partial charge in [0.1, 0.15) is 5.60 Å². The van der Waals surface area contributed by atoms with Crippen LogP contribution in [0, 0.1) is 0 Å². The molecule has 1 saturated carbocycles. The first-order valence-electron chi connectivity index (χ1n) is 7.83. The van der Waals surface area contributed by atoms with Gasteiger partial charge >= 0.3 is 0 Å². The Labute approximate surface area is 120 Å². The minimum atomic E-state index is -0.328. The molecule has 1 aromatic rings. The molecule has 20 heavy (non-hydrogen) atoms. The summed E-state index contributed by atoms with van der Waals surface area (Å²) in [6, 6.07) is 0. The van der Waals surface area contributed by atoms with Crippen LogP contribution in [0.3, 0.4) is 0 Å². The summed E-state index contributed by atoms with van der Waals surface area (Å²) in [7, 11) is 1.77. The van der Waals surface area contributed by atoms with E-state index >= 15 is 0 Å². The molecule has 0 aromatic carbocycles. The molecule has 1 saturated heterocycles. The van der Waals surface area contributed by atoms with E-state index in [1.54, 1.807) is 7.11 Å². The maximum atomic E-state index is 5.79. The van der Waals surface area contributed by atoms with Crippen molar-refractivity contribution in [2.24, 2.45) is 0 Å². The van der Waals surface area contributed by atoms with Crippen LogP contribution in [0.4, 0.5) is 0 Å². The molecule has 5 heteroatoms. The summed E-state index contributed by atoms with van der Waals surface area (Å²) in [5.74, 6) is 1.46. The summed E-state index contributed by atoms with van der Waals surface area (Å²) in [6.07, 6.45) is 9.08. The number of hydrogen-bond donors (Lipinski definition) is 1. The van der Waals surface area contributed by atoms with Crippen molar-refractivity contribution in [2.45, 2.75) is 69.4 Å². The van der Waals surface area contributed by atoms with E-state index in [2.05, 4.69) is 17.4 Å². The molecule has 1 aromatic heterocycles. The number of nitrogens with zero attached hydrogens (tertiary/aromatic N) is 2. The molecule has 0 bridgehead atoms. The monoisotopic (exact) mass is 279 g/mol. The maximum Gasteiger partial charge on any atom is 0.246 e. The zero-order valence-corrected chi connectivity index (χ0v) is 12.6. The summed E-state index contributed by atoms with van der Waals surface area (Å²) in [6.45, 7) is 3.17. The molecular weight excluding hydrogens is 254 g/mol. The van der Waals surface area contributed by atoms with Gasteiger partial charge in [0.05, 0.1) is 5.54 Å². The molecule has 3 rings (SSSR count). The smallest absolute Gasteiger partial charge is 0.246 e. The third-order valence-corrected chi connectivity index (χ3v) is 4.98. The number of nitrogens with one attached hydrogen (secondary N) is 1. The Kier molecular flexibility index (Phi) is 3.82. The average Bonchev–Trinajstić information content (AvgIpc) is 3.00. The van der Waals surface area contributed by atoms with Gasteiger partial charge in [-0.15, -0.1) is 0 Å². The molecule has 0 radical (unpaired) electrons. The zero-order valence-electron chi connectivity index (χ0n) is 12.6. The summed E-state index contributed by atoms with van der Waals surface area (Å²) in [4.78, 5) is 4.71. The molecule has 1 N–H and O–H groups in total. The van der Waals surface area contributed by atoms with E-state index in [4.69, 9.17) is 14.2 Å². The Bertz CT molecular complexity index is 446. The number of piperidine rings is 1. The fourth-order valence-corrected chi connectivity index (χ4v) is 3.51. The second kappa shape index (κ2) is 5.45. The molecule has 2 heterocycles. The fraction of sp³-hybridized carbons (Fsp3) is 0.867. The van der Waals surface area contributed by atoms with Crippen LogP contribution in [-0.2, 0) is 15.9 Å². The van der Waals surface area contributed by atoms with Crippen LogP contribution in [0.2, 0.25) is 0 Å². The van der Waals surface area contributed by atoms with Gasteiger partial charge in [-0.3, -0.25) is 0 Å². The fourth-order valence-electron chi connectivity index (χ4n) is 3.51. The van der Waals surface area contributed by atoms with Crippen LogP contribution in [0.15, 0.2) is 4.52 Å².